The zero-order valence-electron chi connectivity index (χ0n) is 13.4. The van der Waals surface area contributed by atoms with Crippen LogP contribution in [0.15, 0.2) is 27.7 Å². The van der Waals surface area contributed by atoms with Gasteiger partial charge in [0, 0.05) is 30.5 Å². The van der Waals surface area contributed by atoms with Crippen molar-refractivity contribution in [3.8, 4) is 0 Å². The maximum Gasteiger partial charge on any atom is 0.251 e. The van der Waals surface area contributed by atoms with E-state index in [1.807, 2.05) is 29.8 Å². The lowest BCUT2D eigenvalue weighted by Crippen LogP contribution is -2.39. The van der Waals surface area contributed by atoms with Gasteiger partial charge in [-0.1, -0.05) is 17.4 Å². The number of piperidine rings is 1. The van der Waals surface area contributed by atoms with E-state index in [4.69, 9.17) is 0 Å². The summed E-state index contributed by atoms with van der Waals surface area (Å²) < 4.78 is 28.4. The van der Waals surface area contributed by atoms with Gasteiger partial charge in [-0.3, -0.25) is 4.79 Å². The second-order valence-electron chi connectivity index (χ2n) is 5.92. The van der Waals surface area contributed by atoms with Gasteiger partial charge in [-0.05, 0) is 40.9 Å². The molecule has 0 bridgehead atoms. The highest BCUT2D eigenvalue weighted by atomic mass is 79.9. The molecule has 1 fully saturated rings. The van der Waals surface area contributed by atoms with E-state index in [1.165, 1.54) is 21.9 Å². The zero-order valence-corrected chi connectivity index (χ0v) is 16.6. The molecular weight excluding hydrogens is 414 g/mol. The zero-order chi connectivity index (χ0) is 17.5. The molecule has 1 aliphatic heterocycles. The SMILES string of the molecule is Cn1c(=NC(=O)C2CCN(S(C)(=O)=O)CC2)sc2cccc(Br)c21. The summed E-state index contributed by atoms with van der Waals surface area (Å²) in [6.45, 7) is 0.768. The van der Waals surface area contributed by atoms with Crippen molar-refractivity contribution >= 4 is 53.4 Å². The topological polar surface area (TPSA) is 71.7 Å². The quantitative estimate of drug-likeness (QED) is 0.730. The van der Waals surface area contributed by atoms with Crippen molar-refractivity contribution in [2.45, 2.75) is 12.8 Å². The van der Waals surface area contributed by atoms with Crippen LogP contribution in [0, 0.1) is 5.92 Å². The number of rotatable bonds is 2. The number of hydrogen-bond donors (Lipinski definition) is 0. The van der Waals surface area contributed by atoms with Crippen molar-refractivity contribution in [1.29, 1.82) is 0 Å². The van der Waals surface area contributed by atoms with Gasteiger partial charge in [0.1, 0.15) is 0 Å². The summed E-state index contributed by atoms with van der Waals surface area (Å²) in [6.07, 6.45) is 2.25. The van der Waals surface area contributed by atoms with E-state index in [0.29, 0.717) is 30.7 Å². The van der Waals surface area contributed by atoms with E-state index < -0.39 is 10.0 Å². The molecule has 2 aromatic rings. The Morgan fingerprint density at radius 3 is 2.58 bits per heavy atom. The third-order valence-electron chi connectivity index (χ3n) is 4.25. The van der Waals surface area contributed by atoms with Crippen molar-refractivity contribution < 1.29 is 13.2 Å². The van der Waals surface area contributed by atoms with Crippen LogP contribution < -0.4 is 4.80 Å². The summed E-state index contributed by atoms with van der Waals surface area (Å²) in [4.78, 5) is 17.4. The highest BCUT2D eigenvalue weighted by Gasteiger charge is 2.28. The van der Waals surface area contributed by atoms with E-state index in [2.05, 4.69) is 20.9 Å². The van der Waals surface area contributed by atoms with Crippen LogP contribution in [0.2, 0.25) is 0 Å². The Morgan fingerprint density at radius 1 is 1.33 bits per heavy atom. The standard InChI is InChI=1S/C15H18BrN3O3S2/c1-18-13-11(16)4-3-5-12(13)23-15(18)17-14(20)10-6-8-19(9-7-10)24(2,21)22/h3-5,10H,6-9H2,1-2H3. The minimum absolute atomic E-state index is 0.165. The smallest absolute Gasteiger partial charge is 0.251 e. The van der Waals surface area contributed by atoms with Crippen LogP contribution in [0.4, 0.5) is 0 Å². The molecular formula is C15H18BrN3O3S2. The van der Waals surface area contributed by atoms with Crippen molar-refractivity contribution in [2.24, 2.45) is 18.0 Å². The Labute approximate surface area is 153 Å². The van der Waals surface area contributed by atoms with Gasteiger partial charge in [-0.15, -0.1) is 0 Å². The number of fused-ring (bicyclic) bond motifs is 1. The van der Waals surface area contributed by atoms with Crippen LogP contribution >= 0.6 is 27.3 Å². The van der Waals surface area contributed by atoms with E-state index in [9.17, 15) is 13.2 Å². The molecule has 1 aromatic heterocycles. The molecule has 24 heavy (non-hydrogen) atoms. The fourth-order valence-electron chi connectivity index (χ4n) is 2.88. The van der Waals surface area contributed by atoms with Crippen molar-refractivity contribution in [3.05, 3.63) is 27.5 Å². The molecule has 0 spiro atoms. The first kappa shape index (κ1) is 17.8. The van der Waals surface area contributed by atoms with Gasteiger partial charge < -0.3 is 4.57 Å². The molecule has 0 atom stereocenters. The number of aryl methyl sites for hydroxylation is 1. The Hall–Kier alpha value is -1.03. The summed E-state index contributed by atoms with van der Waals surface area (Å²) >= 11 is 5.00. The molecule has 1 amide bonds. The van der Waals surface area contributed by atoms with Crippen LogP contribution in [0.5, 0.6) is 0 Å². The molecule has 0 aliphatic carbocycles. The fraction of sp³-hybridized carbons (Fsp3) is 0.467. The minimum Gasteiger partial charge on any atom is -0.318 e. The lowest BCUT2D eigenvalue weighted by atomic mass is 9.98. The van der Waals surface area contributed by atoms with Crippen molar-refractivity contribution in [1.82, 2.24) is 8.87 Å². The number of amides is 1. The maximum absolute atomic E-state index is 12.5. The Morgan fingerprint density at radius 2 is 2.00 bits per heavy atom. The molecule has 0 radical (unpaired) electrons. The second kappa shape index (κ2) is 6.70. The number of carbonyl (C=O) groups is 1. The van der Waals surface area contributed by atoms with Crippen LogP contribution in [-0.4, -0.2) is 42.5 Å². The molecule has 2 heterocycles. The Balaban J connectivity index is 1.84. The van der Waals surface area contributed by atoms with Crippen molar-refractivity contribution in [2.75, 3.05) is 19.3 Å². The number of benzene rings is 1. The first-order valence-electron chi connectivity index (χ1n) is 7.55. The number of para-hydroxylation sites is 1. The van der Waals surface area contributed by atoms with Crippen LogP contribution in [0.25, 0.3) is 10.2 Å². The molecule has 0 saturated carbocycles. The molecule has 9 heteroatoms. The molecule has 3 rings (SSSR count). The number of hydrogen-bond acceptors (Lipinski definition) is 4. The van der Waals surface area contributed by atoms with E-state index in [0.717, 1.165) is 14.7 Å². The number of aromatic nitrogens is 1. The first-order valence-corrected chi connectivity index (χ1v) is 11.0. The number of carbonyl (C=O) groups excluding carboxylic acids is 1. The summed E-state index contributed by atoms with van der Waals surface area (Å²) in [5, 5.41) is 0. The van der Waals surface area contributed by atoms with Gasteiger partial charge in [0.15, 0.2) is 4.80 Å². The third kappa shape index (κ3) is 3.49. The Bertz CT molecular complexity index is 954. The van der Waals surface area contributed by atoms with Gasteiger partial charge in [-0.25, -0.2) is 12.7 Å². The van der Waals surface area contributed by atoms with Crippen molar-refractivity contribution in [3.63, 3.8) is 0 Å². The summed E-state index contributed by atoms with van der Waals surface area (Å²) in [5.74, 6) is -0.377. The summed E-state index contributed by atoms with van der Waals surface area (Å²) in [7, 11) is -1.29. The largest absolute Gasteiger partial charge is 0.318 e. The summed E-state index contributed by atoms with van der Waals surface area (Å²) in [6, 6.07) is 5.91. The number of thiazole rings is 1. The van der Waals surface area contributed by atoms with Gasteiger partial charge in [0.25, 0.3) is 5.91 Å². The predicted octanol–water partition coefficient (Wildman–Crippen LogP) is 2.10. The summed E-state index contributed by atoms with van der Waals surface area (Å²) in [5.41, 5.74) is 1.01. The lowest BCUT2D eigenvalue weighted by Gasteiger charge is -2.28. The van der Waals surface area contributed by atoms with Crippen LogP contribution in [0.3, 0.4) is 0 Å². The van der Waals surface area contributed by atoms with E-state index in [-0.39, 0.29) is 11.8 Å². The second-order valence-corrected chi connectivity index (χ2v) is 9.76. The maximum atomic E-state index is 12.5. The lowest BCUT2D eigenvalue weighted by molar-refractivity contribution is -0.122. The van der Waals surface area contributed by atoms with E-state index >= 15 is 0 Å². The normalized spacial score (nSPS) is 18.4. The Kier molecular flexibility index (Phi) is 4.96. The first-order chi connectivity index (χ1) is 11.3. The molecule has 0 unspecified atom stereocenters. The van der Waals surface area contributed by atoms with Gasteiger partial charge in [-0.2, -0.15) is 4.99 Å². The molecule has 130 valence electrons. The molecule has 1 aromatic carbocycles. The average molecular weight is 432 g/mol. The average Bonchev–Trinajstić information content (AvgIpc) is 2.84. The van der Waals surface area contributed by atoms with E-state index in [1.54, 1.807) is 0 Å². The fourth-order valence-corrected chi connectivity index (χ4v) is 5.57. The monoisotopic (exact) mass is 431 g/mol. The predicted molar refractivity (Wildman–Crippen MR) is 98.2 cm³/mol. The molecule has 1 aliphatic rings. The minimum atomic E-state index is -3.18. The van der Waals surface area contributed by atoms with Crippen LogP contribution in [0.1, 0.15) is 12.8 Å². The molecule has 6 nitrogen and oxygen atoms in total. The number of halogens is 1. The van der Waals surface area contributed by atoms with Gasteiger partial charge >= 0.3 is 0 Å². The number of sulfonamides is 1. The highest BCUT2D eigenvalue weighted by molar-refractivity contribution is 9.10. The molecule has 0 N–H and O–H groups in total. The number of nitrogens with zero attached hydrogens (tertiary/aromatic N) is 3. The highest BCUT2D eigenvalue weighted by Crippen LogP contribution is 2.25. The molecule has 1 saturated heterocycles. The van der Waals surface area contributed by atoms with Crippen LogP contribution in [-0.2, 0) is 21.9 Å². The van der Waals surface area contributed by atoms with Gasteiger partial charge in [0.05, 0.1) is 16.5 Å². The third-order valence-corrected chi connectivity index (χ3v) is 7.29. The van der Waals surface area contributed by atoms with Gasteiger partial charge in [0.2, 0.25) is 10.0 Å².